The molecule has 0 saturated heterocycles. The van der Waals surface area contributed by atoms with Gasteiger partial charge in [-0.1, -0.05) is 11.6 Å². The lowest BCUT2D eigenvalue weighted by atomic mass is 10.1. The molecule has 0 spiro atoms. The van der Waals surface area contributed by atoms with E-state index in [1.807, 2.05) is 61.3 Å². The van der Waals surface area contributed by atoms with E-state index < -0.39 is 0 Å². The first-order valence-corrected chi connectivity index (χ1v) is 8.52. The number of benzene rings is 2. The molecule has 0 atom stereocenters. The number of anilines is 3. The van der Waals surface area contributed by atoms with Crippen LogP contribution < -0.4 is 15.2 Å². The van der Waals surface area contributed by atoms with Crippen molar-refractivity contribution < 1.29 is 4.79 Å². The predicted octanol–water partition coefficient (Wildman–Crippen LogP) is 4.24. The number of hydrogen-bond acceptors (Lipinski definition) is 4. The zero-order chi connectivity index (χ0) is 18.0. The molecule has 0 radical (unpaired) electrons. The van der Waals surface area contributed by atoms with Crippen LogP contribution in [0.2, 0.25) is 5.02 Å². The smallest absolute Gasteiger partial charge is 0.255 e. The second-order valence-electron chi connectivity index (χ2n) is 6.27. The van der Waals surface area contributed by atoms with Crippen LogP contribution in [0.5, 0.6) is 0 Å². The molecular weight excluding hydrogens is 336 g/mol. The van der Waals surface area contributed by atoms with Gasteiger partial charge in [-0.3, -0.25) is 9.80 Å². The van der Waals surface area contributed by atoms with Gasteiger partial charge in [-0.15, -0.1) is 0 Å². The molecule has 1 aliphatic rings. The maximum atomic E-state index is 12.6. The molecule has 1 aliphatic heterocycles. The van der Waals surface area contributed by atoms with Crippen molar-refractivity contribution in [2.24, 2.45) is 5.10 Å². The van der Waals surface area contributed by atoms with Gasteiger partial charge in [-0.05, 0) is 49.4 Å². The molecule has 0 unspecified atom stereocenters. The Morgan fingerprint density at radius 2 is 1.92 bits per heavy atom. The summed E-state index contributed by atoms with van der Waals surface area (Å²) in [7, 11) is 3.85. The van der Waals surface area contributed by atoms with Crippen molar-refractivity contribution in [3.63, 3.8) is 0 Å². The number of rotatable bonds is 4. The van der Waals surface area contributed by atoms with Gasteiger partial charge in [-0.25, -0.2) is 0 Å². The fourth-order valence-corrected chi connectivity index (χ4v) is 2.91. The van der Waals surface area contributed by atoms with Crippen LogP contribution in [0.3, 0.4) is 0 Å². The third kappa shape index (κ3) is 3.94. The van der Waals surface area contributed by atoms with Gasteiger partial charge >= 0.3 is 0 Å². The summed E-state index contributed by atoms with van der Waals surface area (Å²) in [5.41, 5.74) is 4.29. The summed E-state index contributed by atoms with van der Waals surface area (Å²) in [5.74, 6) is -0.168. The second-order valence-corrected chi connectivity index (χ2v) is 6.70. The molecule has 0 bridgehead atoms. The molecule has 1 amide bonds. The molecule has 1 heterocycles. The van der Waals surface area contributed by atoms with Gasteiger partial charge < -0.3 is 10.2 Å². The number of nitrogens with zero attached hydrogens (tertiary/aromatic N) is 3. The van der Waals surface area contributed by atoms with E-state index in [4.69, 9.17) is 11.6 Å². The third-order valence-electron chi connectivity index (χ3n) is 4.09. The van der Waals surface area contributed by atoms with Gasteiger partial charge in [0.15, 0.2) is 0 Å². The van der Waals surface area contributed by atoms with Crippen LogP contribution in [0.4, 0.5) is 17.1 Å². The molecule has 0 saturated carbocycles. The van der Waals surface area contributed by atoms with Gasteiger partial charge in [0.2, 0.25) is 0 Å². The molecule has 5 nitrogen and oxygen atoms in total. The average Bonchev–Trinajstić information content (AvgIpc) is 3.01. The standard InChI is InChI=1S/C19H21ClN4O/c1-13-10-11-24(22-13)16-7-4-14(5-8-16)19(25)21-17-12-15(20)6-9-18(17)23(2)3/h4-9,12H,10-11H2,1-3H3,(H,21,25). The van der Waals surface area contributed by atoms with Crippen LogP contribution >= 0.6 is 11.6 Å². The van der Waals surface area contributed by atoms with Gasteiger partial charge in [0.05, 0.1) is 17.1 Å². The Bertz CT molecular complexity index is 815. The van der Waals surface area contributed by atoms with Crippen LogP contribution in [-0.2, 0) is 0 Å². The number of hydrogen-bond donors (Lipinski definition) is 1. The monoisotopic (exact) mass is 356 g/mol. The maximum Gasteiger partial charge on any atom is 0.255 e. The van der Waals surface area contributed by atoms with Gasteiger partial charge in [0.1, 0.15) is 0 Å². The van der Waals surface area contributed by atoms with Crippen LogP contribution in [0.25, 0.3) is 0 Å². The van der Waals surface area contributed by atoms with Crippen LogP contribution in [0.1, 0.15) is 23.7 Å². The minimum atomic E-state index is -0.168. The van der Waals surface area contributed by atoms with Crippen molar-refractivity contribution in [2.45, 2.75) is 13.3 Å². The van der Waals surface area contributed by atoms with Gasteiger partial charge in [0.25, 0.3) is 5.91 Å². The summed E-state index contributed by atoms with van der Waals surface area (Å²) in [4.78, 5) is 14.5. The summed E-state index contributed by atoms with van der Waals surface area (Å²) >= 11 is 6.07. The normalized spacial score (nSPS) is 13.6. The van der Waals surface area contributed by atoms with E-state index in [1.165, 1.54) is 0 Å². The highest BCUT2D eigenvalue weighted by Gasteiger charge is 2.15. The fraction of sp³-hybridized carbons (Fsp3) is 0.263. The number of carbonyl (C=O) groups is 1. The summed E-state index contributed by atoms with van der Waals surface area (Å²) in [6, 6.07) is 12.9. The first-order valence-electron chi connectivity index (χ1n) is 8.14. The number of nitrogens with one attached hydrogen (secondary N) is 1. The summed E-state index contributed by atoms with van der Waals surface area (Å²) in [6.07, 6.45) is 0.977. The van der Waals surface area contributed by atoms with Crippen molar-refractivity contribution in [1.82, 2.24) is 0 Å². The zero-order valence-corrected chi connectivity index (χ0v) is 15.3. The van der Waals surface area contributed by atoms with Crippen molar-refractivity contribution >= 4 is 40.3 Å². The number of carbonyl (C=O) groups excluding carboxylic acids is 1. The van der Waals surface area contributed by atoms with Crippen molar-refractivity contribution in [3.8, 4) is 0 Å². The Balaban J connectivity index is 1.77. The number of amides is 1. The summed E-state index contributed by atoms with van der Waals surface area (Å²) < 4.78 is 0. The van der Waals surface area contributed by atoms with Gasteiger partial charge in [0, 0.05) is 43.4 Å². The third-order valence-corrected chi connectivity index (χ3v) is 4.33. The summed E-state index contributed by atoms with van der Waals surface area (Å²) in [6.45, 7) is 2.90. The maximum absolute atomic E-state index is 12.6. The SMILES string of the molecule is CC1=NN(c2ccc(C(=O)Nc3cc(Cl)ccc3N(C)C)cc2)CC1. The zero-order valence-electron chi connectivity index (χ0n) is 14.6. The van der Waals surface area contributed by atoms with E-state index >= 15 is 0 Å². The summed E-state index contributed by atoms with van der Waals surface area (Å²) in [5, 5.41) is 9.95. The molecule has 0 aromatic heterocycles. The minimum absolute atomic E-state index is 0.168. The highest BCUT2D eigenvalue weighted by Crippen LogP contribution is 2.28. The fourth-order valence-electron chi connectivity index (χ4n) is 2.74. The Kier molecular flexibility index (Phi) is 4.95. The minimum Gasteiger partial charge on any atom is -0.376 e. The van der Waals surface area contributed by atoms with E-state index in [0.29, 0.717) is 16.3 Å². The molecule has 130 valence electrons. The topological polar surface area (TPSA) is 47.9 Å². The lowest BCUT2D eigenvalue weighted by Gasteiger charge is -2.18. The largest absolute Gasteiger partial charge is 0.376 e. The quantitative estimate of drug-likeness (QED) is 0.891. The highest BCUT2D eigenvalue weighted by molar-refractivity contribution is 6.31. The van der Waals surface area contributed by atoms with Crippen LogP contribution in [-0.4, -0.2) is 32.3 Å². The second kappa shape index (κ2) is 7.15. The molecule has 25 heavy (non-hydrogen) atoms. The Labute approximate surface area is 152 Å². The molecule has 0 fully saturated rings. The predicted molar refractivity (Wildman–Crippen MR) is 105 cm³/mol. The lowest BCUT2D eigenvalue weighted by Crippen LogP contribution is -2.17. The Morgan fingerprint density at radius 1 is 1.20 bits per heavy atom. The Hall–Kier alpha value is -2.53. The molecule has 6 heteroatoms. The van der Waals surface area contributed by atoms with Crippen molar-refractivity contribution in [2.75, 3.05) is 35.9 Å². The van der Waals surface area contributed by atoms with Crippen LogP contribution in [0, 0.1) is 0 Å². The van der Waals surface area contributed by atoms with E-state index in [-0.39, 0.29) is 5.91 Å². The molecule has 3 rings (SSSR count). The molecule has 1 N–H and O–H groups in total. The highest BCUT2D eigenvalue weighted by atomic mass is 35.5. The van der Waals surface area contributed by atoms with Crippen molar-refractivity contribution in [3.05, 3.63) is 53.1 Å². The lowest BCUT2D eigenvalue weighted by molar-refractivity contribution is 0.102. The number of hydrazone groups is 1. The molecule has 2 aromatic rings. The first-order chi connectivity index (χ1) is 11.9. The molecule has 0 aliphatic carbocycles. The van der Waals surface area contributed by atoms with E-state index in [1.54, 1.807) is 12.1 Å². The van der Waals surface area contributed by atoms with E-state index in [2.05, 4.69) is 10.4 Å². The van der Waals surface area contributed by atoms with Crippen LogP contribution in [0.15, 0.2) is 47.6 Å². The molecular formula is C19H21ClN4O. The average molecular weight is 357 g/mol. The number of halogens is 1. The van der Waals surface area contributed by atoms with Gasteiger partial charge in [-0.2, -0.15) is 5.10 Å². The van der Waals surface area contributed by atoms with Crippen molar-refractivity contribution in [1.29, 1.82) is 0 Å². The van der Waals surface area contributed by atoms with E-state index in [0.717, 1.165) is 30.1 Å². The Morgan fingerprint density at radius 3 is 2.52 bits per heavy atom. The van der Waals surface area contributed by atoms with E-state index in [9.17, 15) is 4.79 Å². The molecule has 2 aromatic carbocycles. The first kappa shape index (κ1) is 17.3.